The number of hydrogen-bond acceptors (Lipinski definition) is 6. The first-order chi connectivity index (χ1) is 17.3. The van der Waals surface area contributed by atoms with Crippen LogP contribution in [-0.4, -0.2) is 32.7 Å². The second kappa shape index (κ2) is 11.8. The van der Waals surface area contributed by atoms with Crippen molar-refractivity contribution in [2.24, 2.45) is 0 Å². The molecule has 0 aliphatic carbocycles. The highest BCUT2D eigenvalue weighted by Crippen LogP contribution is 2.36. The smallest absolute Gasteiger partial charge is 0.323 e. The second-order valence-corrected chi connectivity index (χ2v) is 10.1. The molecular weight excluding hydrogens is 541 g/mol. The van der Waals surface area contributed by atoms with Gasteiger partial charge in [-0.25, -0.2) is 0 Å². The molecule has 1 fully saturated rings. The van der Waals surface area contributed by atoms with Gasteiger partial charge in [-0.2, -0.15) is 0 Å². The van der Waals surface area contributed by atoms with Gasteiger partial charge in [0.2, 0.25) is 0 Å². The van der Waals surface area contributed by atoms with Gasteiger partial charge in [-0.15, -0.1) is 0 Å². The van der Waals surface area contributed by atoms with Gasteiger partial charge in [0.15, 0.2) is 0 Å². The van der Waals surface area contributed by atoms with E-state index in [1.165, 1.54) is 0 Å². The SMILES string of the molecule is O=C(O)CN1C(=O)/C(=C/c2cc(OCc3ccccc3Cl)ccc2OCc2ccccc2Cl)SC1=S. The third kappa shape index (κ3) is 6.39. The number of ether oxygens (including phenoxy) is 2. The van der Waals surface area contributed by atoms with Crippen LogP contribution < -0.4 is 9.47 Å². The third-order valence-corrected chi connectivity index (χ3v) is 7.24. The summed E-state index contributed by atoms with van der Waals surface area (Å²) in [5.41, 5.74) is 2.20. The number of amides is 1. The van der Waals surface area contributed by atoms with Crippen LogP contribution >= 0.6 is 47.2 Å². The number of carbonyl (C=O) groups is 2. The maximum absolute atomic E-state index is 12.8. The standard InChI is InChI=1S/C26H19Cl2NO5S2/c27-20-7-3-1-5-16(20)14-33-19-9-10-22(34-15-17-6-2-4-8-21(17)28)18(11-19)12-23-25(32)29(13-24(30)31)26(35)36-23/h1-12H,13-15H2,(H,30,31)/b23-12-. The molecule has 4 rings (SSSR count). The van der Waals surface area contributed by atoms with Crippen molar-refractivity contribution in [2.75, 3.05) is 6.54 Å². The Bertz CT molecular complexity index is 1360. The number of carboxylic acids is 1. The zero-order valence-corrected chi connectivity index (χ0v) is 21.8. The van der Waals surface area contributed by atoms with Gasteiger partial charge in [-0.1, -0.05) is 83.6 Å². The maximum Gasteiger partial charge on any atom is 0.323 e. The Balaban J connectivity index is 1.62. The number of hydrogen-bond donors (Lipinski definition) is 1. The predicted molar refractivity (Wildman–Crippen MR) is 146 cm³/mol. The number of rotatable bonds is 9. The van der Waals surface area contributed by atoms with Crippen LogP contribution in [0.4, 0.5) is 0 Å². The molecule has 1 saturated heterocycles. The van der Waals surface area contributed by atoms with Crippen molar-refractivity contribution in [3.63, 3.8) is 0 Å². The van der Waals surface area contributed by atoms with Crippen molar-refractivity contribution in [2.45, 2.75) is 13.2 Å². The largest absolute Gasteiger partial charge is 0.489 e. The van der Waals surface area contributed by atoms with E-state index < -0.39 is 18.4 Å². The molecule has 36 heavy (non-hydrogen) atoms. The van der Waals surface area contributed by atoms with E-state index in [0.717, 1.165) is 27.8 Å². The normalized spacial score (nSPS) is 14.4. The Labute approximate surface area is 227 Å². The lowest BCUT2D eigenvalue weighted by molar-refractivity contribution is -0.140. The summed E-state index contributed by atoms with van der Waals surface area (Å²) in [6.07, 6.45) is 1.62. The van der Waals surface area contributed by atoms with Gasteiger partial charge < -0.3 is 14.6 Å². The quantitative estimate of drug-likeness (QED) is 0.239. The van der Waals surface area contributed by atoms with E-state index in [9.17, 15) is 9.59 Å². The third-order valence-electron chi connectivity index (χ3n) is 5.13. The zero-order valence-electron chi connectivity index (χ0n) is 18.6. The van der Waals surface area contributed by atoms with Crippen LogP contribution in [0.3, 0.4) is 0 Å². The minimum absolute atomic E-state index is 0.179. The number of aliphatic carboxylic acids is 1. The highest BCUT2D eigenvalue weighted by Gasteiger charge is 2.33. The van der Waals surface area contributed by atoms with Crippen molar-refractivity contribution < 1.29 is 24.2 Å². The fourth-order valence-electron chi connectivity index (χ4n) is 3.32. The van der Waals surface area contributed by atoms with E-state index in [2.05, 4.69) is 0 Å². The van der Waals surface area contributed by atoms with E-state index >= 15 is 0 Å². The number of thiocarbonyl (C=S) groups is 1. The summed E-state index contributed by atoms with van der Waals surface area (Å²) in [5.74, 6) is -0.603. The summed E-state index contributed by atoms with van der Waals surface area (Å²) < 4.78 is 12.2. The Morgan fingerprint density at radius 3 is 2.19 bits per heavy atom. The number of halogens is 2. The summed E-state index contributed by atoms with van der Waals surface area (Å²) in [6.45, 7) is -0.0428. The van der Waals surface area contributed by atoms with Gasteiger partial charge in [0.05, 0.1) is 4.91 Å². The Kier molecular flexibility index (Phi) is 8.53. The molecule has 3 aromatic rings. The van der Waals surface area contributed by atoms with Crippen LogP contribution in [0.15, 0.2) is 71.6 Å². The highest BCUT2D eigenvalue weighted by atomic mass is 35.5. The minimum Gasteiger partial charge on any atom is -0.489 e. The molecule has 0 unspecified atom stereocenters. The Morgan fingerprint density at radius 2 is 1.58 bits per heavy atom. The van der Waals surface area contributed by atoms with Crippen molar-refractivity contribution >= 4 is 69.5 Å². The molecule has 0 atom stereocenters. The second-order valence-electron chi connectivity index (χ2n) is 7.62. The number of benzene rings is 3. The molecule has 1 aliphatic rings. The average molecular weight is 560 g/mol. The van der Waals surface area contributed by atoms with E-state index in [0.29, 0.717) is 27.1 Å². The lowest BCUT2D eigenvalue weighted by Gasteiger charge is -2.14. The Morgan fingerprint density at radius 1 is 0.972 bits per heavy atom. The van der Waals surface area contributed by atoms with Crippen molar-refractivity contribution in [1.29, 1.82) is 0 Å². The molecule has 1 N–H and O–H groups in total. The van der Waals surface area contributed by atoms with Gasteiger partial charge in [0.1, 0.15) is 35.6 Å². The zero-order chi connectivity index (χ0) is 25.7. The molecule has 0 saturated carbocycles. The number of carboxylic acid groups (broad SMARTS) is 1. The first-order valence-electron chi connectivity index (χ1n) is 10.7. The van der Waals surface area contributed by atoms with Crippen LogP contribution in [0.25, 0.3) is 6.08 Å². The van der Waals surface area contributed by atoms with E-state index in [1.54, 1.807) is 36.4 Å². The fourth-order valence-corrected chi connectivity index (χ4v) is 4.95. The van der Waals surface area contributed by atoms with E-state index in [4.69, 9.17) is 50.0 Å². The first-order valence-corrected chi connectivity index (χ1v) is 12.6. The van der Waals surface area contributed by atoms with Gasteiger partial charge in [0, 0.05) is 26.7 Å². The highest BCUT2D eigenvalue weighted by molar-refractivity contribution is 8.26. The minimum atomic E-state index is -1.15. The summed E-state index contributed by atoms with van der Waals surface area (Å²) in [4.78, 5) is 25.3. The molecule has 0 bridgehead atoms. The van der Waals surface area contributed by atoms with Crippen LogP contribution in [-0.2, 0) is 22.8 Å². The lowest BCUT2D eigenvalue weighted by atomic mass is 10.1. The van der Waals surface area contributed by atoms with E-state index in [1.807, 2.05) is 36.4 Å². The van der Waals surface area contributed by atoms with Gasteiger partial charge >= 0.3 is 5.97 Å². The summed E-state index contributed by atoms with van der Waals surface area (Å²) in [7, 11) is 0. The first kappa shape index (κ1) is 26.0. The van der Waals surface area contributed by atoms with Crippen LogP contribution in [0.5, 0.6) is 11.5 Å². The molecule has 3 aromatic carbocycles. The molecule has 0 spiro atoms. The number of nitrogens with zero attached hydrogens (tertiary/aromatic N) is 1. The van der Waals surface area contributed by atoms with Gasteiger partial charge in [-0.3, -0.25) is 14.5 Å². The molecule has 1 heterocycles. The molecule has 6 nitrogen and oxygen atoms in total. The topological polar surface area (TPSA) is 76.1 Å². The predicted octanol–water partition coefficient (Wildman–Crippen LogP) is 6.44. The maximum atomic E-state index is 12.8. The molecule has 184 valence electrons. The monoisotopic (exact) mass is 559 g/mol. The van der Waals surface area contributed by atoms with E-state index in [-0.39, 0.29) is 22.4 Å². The van der Waals surface area contributed by atoms with Gasteiger partial charge in [-0.05, 0) is 36.4 Å². The van der Waals surface area contributed by atoms with Crippen molar-refractivity contribution in [3.8, 4) is 11.5 Å². The Hall–Kier alpha value is -3.04. The molecule has 0 aromatic heterocycles. The van der Waals surface area contributed by atoms with Crippen molar-refractivity contribution in [1.82, 2.24) is 4.90 Å². The van der Waals surface area contributed by atoms with Crippen LogP contribution in [0, 0.1) is 0 Å². The summed E-state index contributed by atoms with van der Waals surface area (Å²) in [5, 5.41) is 10.3. The summed E-state index contributed by atoms with van der Waals surface area (Å²) >= 11 is 18.7. The molecular formula is C26H19Cl2NO5S2. The number of thioether (sulfide) groups is 1. The molecule has 0 radical (unpaired) electrons. The fraction of sp³-hybridized carbons (Fsp3) is 0.115. The van der Waals surface area contributed by atoms with Gasteiger partial charge in [0.25, 0.3) is 5.91 Å². The number of carbonyl (C=O) groups excluding carboxylic acids is 1. The summed E-state index contributed by atoms with van der Waals surface area (Å²) in [6, 6.07) is 20.0. The van der Waals surface area contributed by atoms with Crippen molar-refractivity contribution in [3.05, 3.63) is 98.4 Å². The lowest BCUT2D eigenvalue weighted by Crippen LogP contribution is -2.33. The average Bonchev–Trinajstić information content (AvgIpc) is 3.11. The molecule has 1 aliphatic heterocycles. The van der Waals surface area contributed by atoms with Crippen LogP contribution in [0.2, 0.25) is 10.0 Å². The molecule has 1 amide bonds. The van der Waals surface area contributed by atoms with Crippen LogP contribution in [0.1, 0.15) is 16.7 Å². The molecule has 10 heteroatoms.